The van der Waals surface area contributed by atoms with Crippen molar-refractivity contribution < 1.29 is 28.6 Å². The van der Waals surface area contributed by atoms with Crippen LogP contribution >= 0.6 is 0 Å². The van der Waals surface area contributed by atoms with Crippen LogP contribution in [0.2, 0.25) is 0 Å². The highest BCUT2D eigenvalue weighted by Crippen LogP contribution is 2.19. The molecule has 0 rings (SSSR count). The first-order valence-electron chi connectivity index (χ1n) is 31.9. The van der Waals surface area contributed by atoms with Gasteiger partial charge in [-0.25, -0.2) is 0 Å². The van der Waals surface area contributed by atoms with Crippen molar-refractivity contribution in [2.24, 2.45) is 5.92 Å². The first-order valence-corrected chi connectivity index (χ1v) is 31.9. The van der Waals surface area contributed by atoms with E-state index in [2.05, 4.69) is 27.7 Å². The molecular formula is C64H124O6. The molecule has 0 unspecified atom stereocenters. The third kappa shape index (κ3) is 57.3. The minimum atomic E-state index is -0.762. The monoisotopic (exact) mass is 989 g/mol. The first kappa shape index (κ1) is 68.4. The maximum atomic E-state index is 12.9. The molecule has 0 bridgehead atoms. The van der Waals surface area contributed by atoms with Crippen molar-refractivity contribution in [3.05, 3.63) is 0 Å². The smallest absolute Gasteiger partial charge is 0.306 e. The van der Waals surface area contributed by atoms with Gasteiger partial charge in [-0.15, -0.1) is 0 Å². The quantitative estimate of drug-likeness (QED) is 0.0343. The molecule has 0 saturated heterocycles. The molecule has 0 aromatic carbocycles. The highest BCUT2D eigenvalue weighted by molar-refractivity contribution is 5.71. The van der Waals surface area contributed by atoms with Crippen molar-refractivity contribution in [3.63, 3.8) is 0 Å². The van der Waals surface area contributed by atoms with Crippen LogP contribution in [0.5, 0.6) is 0 Å². The molecule has 0 aliphatic rings. The van der Waals surface area contributed by atoms with Crippen LogP contribution in [0, 0.1) is 5.92 Å². The number of rotatable bonds is 59. The Hall–Kier alpha value is -1.59. The molecule has 0 saturated carbocycles. The van der Waals surface area contributed by atoms with Crippen molar-refractivity contribution in [2.75, 3.05) is 13.2 Å². The van der Waals surface area contributed by atoms with Crippen LogP contribution < -0.4 is 0 Å². The highest BCUT2D eigenvalue weighted by Gasteiger charge is 2.19. The minimum Gasteiger partial charge on any atom is -0.462 e. The van der Waals surface area contributed by atoms with Gasteiger partial charge in [0.2, 0.25) is 0 Å². The van der Waals surface area contributed by atoms with Gasteiger partial charge in [0.15, 0.2) is 6.10 Å². The molecule has 0 aliphatic heterocycles. The van der Waals surface area contributed by atoms with Crippen LogP contribution in [0.25, 0.3) is 0 Å². The summed E-state index contributed by atoms with van der Waals surface area (Å²) in [5.74, 6) is 0.0320. The number of carbonyl (C=O) groups excluding carboxylic acids is 3. The van der Waals surface area contributed by atoms with Gasteiger partial charge in [0.1, 0.15) is 13.2 Å². The standard InChI is InChI=1S/C64H124O6/c1-5-7-9-11-13-15-17-19-21-28-31-35-39-43-47-51-55-62(65)68-58-61(70-64(67)57-53-49-45-41-37-33-26-20-18-16-14-12-10-8-6-2)59-69-63(66)56-52-48-44-40-36-32-29-25-23-22-24-27-30-34-38-42-46-50-54-60(3)4/h60-61H,5-59H2,1-4H3/t61-/m1/s1. The number of unbranched alkanes of at least 4 members (excludes halogenated alkanes) is 46. The Morgan fingerprint density at radius 2 is 0.471 bits per heavy atom. The fraction of sp³-hybridized carbons (Fsp3) is 0.953. The Morgan fingerprint density at radius 3 is 0.700 bits per heavy atom. The Kier molecular flexibility index (Phi) is 57.0. The topological polar surface area (TPSA) is 78.9 Å². The van der Waals surface area contributed by atoms with E-state index in [0.717, 1.165) is 63.7 Å². The minimum absolute atomic E-state index is 0.0611. The van der Waals surface area contributed by atoms with E-state index in [1.807, 2.05) is 0 Å². The van der Waals surface area contributed by atoms with Crippen molar-refractivity contribution in [1.82, 2.24) is 0 Å². The maximum absolute atomic E-state index is 12.9. The lowest BCUT2D eigenvalue weighted by Gasteiger charge is -2.18. The highest BCUT2D eigenvalue weighted by atomic mass is 16.6. The van der Waals surface area contributed by atoms with E-state index < -0.39 is 6.10 Å². The second-order valence-electron chi connectivity index (χ2n) is 22.5. The molecule has 6 heteroatoms. The summed E-state index contributed by atoms with van der Waals surface area (Å²) in [4.78, 5) is 38.3. The molecule has 0 fully saturated rings. The van der Waals surface area contributed by atoms with E-state index in [-0.39, 0.29) is 31.1 Å². The van der Waals surface area contributed by atoms with Gasteiger partial charge in [-0.3, -0.25) is 14.4 Å². The third-order valence-corrected chi connectivity index (χ3v) is 14.8. The van der Waals surface area contributed by atoms with Crippen LogP contribution in [-0.4, -0.2) is 37.2 Å². The SMILES string of the molecule is CCCCCCCCCCCCCCCCCCC(=O)OC[C@H](COC(=O)CCCCCCCCCCCCCCCCCCCCC(C)C)OC(=O)CCCCCCCCCCCCCCCCC. The van der Waals surface area contributed by atoms with Crippen molar-refractivity contribution in [2.45, 2.75) is 374 Å². The van der Waals surface area contributed by atoms with Crippen molar-refractivity contribution in [1.29, 1.82) is 0 Å². The number of carbonyl (C=O) groups is 3. The average molecular weight is 990 g/mol. The summed E-state index contributed by atoms with van der Waals surface area (Å²) in [6.45, 7) is 9.10. The summed E-state index contributed by atoms with van der Waals surface area (Å²) in [7, 11) is 0. The van der Waals surface area contributed by atoms with Crippen LogP contribution in [0.3, 0.4) is 0 Å². The number of hydrogen-bond donors (Lipinski definition) is 0. The summed E-state index contributed by atoms with van der Waals surface area (Å²) < 4.78 is 17.0. The largest absolute Gasteiger partial charge is 0.462 e. The molecule has 0 N–H and O–H groups in total. The summed E-state index contributed by atoms with van der Waals surface area (Å²) in [6.07, 6.45) is 65.3. The van der Waals surface area contributed by atoms with Gasteiger partial charge < -0.3 is 14.2 Å². The zero-order valence-electron chi connectivity index (χ0n) is 48.0. The first-order chi connectivity index (χ1) is 34.4. The van der Waals surface area contributed by atoms with E-state index in [1.165, 1.54) is 263 Å². The lowest BCUT2D eigenvalue weighted by molar-refractivity contribution is -0.167. The lowest BCUT2D eigenvalue weighted by atomic mass is 10.0. The van der Waals surface area contributed by atoms with Gasteiger partial charge >= 0.3 is 17.9 Å². The molecule has 0 heterocycles. The van der Waals surface area contributed by atoms with Gasteiger partial charge in [0.05, 0.1) is 0 Å². The van der Waals surface area contributed by atoms with E-state index in [9.17, 15) is 14.4 Å². The third-order valence-electron chi connectivity index (χ3n) is 14.8. The van der Waals surface area contributed by atoms with Gasteiger partial charge in [0, 0.05) is 19.3 Å². The van der Waals surface area contributed by atoms with Gasteiger partial charge in [-0.05, 0) is 25.2 Å². The Morgan fingerprint density at radius 1 is 0.271 bits per heavy atom. The molecular weight excluding hydrogens is 865 g/mol. The van der Waals surface area contributed by atoms with Crippen LogP contribution in [0.15, 0.2) is 0 Å². The molecule has 0 aliphatic carbocycles. The average Bonchev–Trinajstić information content (AvgIpc) is 3.35. The van der Waals surface area contributed by atoms with Crippen LogP contribution in [0.1, 0.15) is 368 Å². The second kappa shape index (κ2) is 58.3. The second-order valence-corrected chi connectivity index (χ2v) is 22.5. The molecule has 0 spiro atoms. The molecule has 416 valence electrons. The number of ether oxygens (including phenoxy) is 3. The predicted molar refractivity (Wildman–Crippen MR) is 303 cm³/mol. The van der Waals surface area contributed by atoms with Gasteiger partial charge in [0.25, 0.3) is 0 Å². The molecule has 70 heavy (non-hydrogen) atoms. The fourth-order valence-electron chi connectivity index (χ4n) is 9.99. The molecule has 0 radical (unpaired) electrons. The van der Waals surface area contributed by atoms with Crippen LogP contribution in [0.4, 0.5) is 0 Å². The lowest BCUT2D eigenvalue weighted by Crippen LogP contribution is -2.30. The fourth-order valence-corrected chi connectivity index (χ4v) is 9.99. The predicted octanol–water partition coefficient (Wildman–Crippen LogP) is 21.4. The normalized spacial score (nSPS) is 12.0. The summed E-state index contributed by atoms with van der Waals surface area (Å²) >= 11 is 0. The molecule has 0 amide bonds. The van der Waals surface area contributed by atoms with Crippen molar-refractivity contribution in [3.8, 4) is 0 Å². The van der Waals surface area contributed by atoms with E-state index in [1.54, 1.807) is 0 Å². The Balaban J connectivity index is 4.25. The van der Waals surface area contributed by atoms with Crippen LogP contribution in [-0.2, 0) is 28.6 Å². The Labute approximate surface area is 438 Å². The maximum Gasteiger partial charge on any atom is 0.306 e. The summed E-state index contributed by atoms with van der Waals surface area (Å²) in [6, 6.07) is 0. The Bertz CT molecular complexity index is 1060. The molecule has 0 aromatic rings. The molecule has 6 nitrogen and oxygen atoms in total. The van der Waals surface area contributed by atoms with E-state index in [0.29, 0.717) is 19.3 Å². The molecule has 0 aromatic heterocycles. The zero-order valence-corrected chi connectivity index (χ0v) is 48.0. The zero-order chi connectivity index (χ0) is 50.9. The van der Waals surface area contributed by atoms with E-state index in [4.69, 9.17) is 14.2 Å². The number of hydrogen-bond acceptors (Lipinski definition) is 6. The van der Waals surface area contributed by atoms with Gasteiger partial charge in [-0.2, -0.15) is 0 Å². The molecule has 1 atom stereocenters. The summed E-state index contributed by atoms with van der Waals surface area (Å²) in [5, 5.41) is 0. The van der Waals surface area contributed by atoms with Gasteiger partial charge in [-0.1, -0.05) is 329 Å². The van der Waals surface area contributed by atoms with E-state index >= 15 is 0 Å². The van der Waals surface area contributed by atoms with Crippen molar-refractivity contribution >= 4 is 17.9 Å². The number of esters is 3. The summed E-state index contributed by atoms with van der Waals surface area (Å²) in [5.41, 5.74) is 0.